The van der Waals surface area contributed by atoms with Crippen molar-refractivity contribution in [1.29, 1.82) is 0 Å². The van der Waals surface area contributed by atoms with Crippen molar-refractivity contribution in [3.05, 3.63) is 86.5 Å². The highest BCUT2D eigenvalue weighted by Gasteiger charge is 2.12. The summed E-state index contributed by atoms with van der Waals surface area (Å²) in [5.74, 6) is 0. The number of aryl methyl sites for hydroxylation is 1. The minimum Gasteiger partial charge on any atom is -0.248 e. The van der Waals surface area contributed by atoms with Crippen molar-refractivity contribution in [2.24, 2.45) is 0 Å². The van der Waals surface area contributed by atoms with Gasteiger partial charge in [-0.15, -0.1) is 0 Å². The number of benzene rings is 2. The fraction of sp³-hybridized carbons (Fsp3) is 0.0952. The van der Waals surface area contributed by atoms with Crippen LogP contribution in [0, 0.1) is 6.92 Å². The SMILES string of the molecule is Cc1ccc2nc(/C=C/c3ccccc3)c(CC=C(Cl)Cl)c(Cl)c2c1. The molecule has 0 aliphatic heterocycles. The average Bonchev–Trinajstić information content (AvgIpc) is 2.60. The molecule has 0 spiro atoms. The van der Waals surface area contributed by atoms with Crippen LogP contribution < -0.4 is 0 Å². The Morgan fingerprint density at radius 1 is 1.04 bits per heavy atom. The Morgan fingerprint density at radius 2 is 1.80 bits per heavy atom. The molecule has 0 radical (unpaired) electrons. The van der Waals surface area contributed by atoms with E-state index >= 15 is 0 Å². The second-order valence-corrected chi connectivity index (χ2v) is 7.14. The highest BCUT2D eigenvalue weighted by atomic mass is 35.5. The van der Waals surface area contributed by atoms with E-state index in [1.807, 2.05) is 67.6 Å². The first-order valence-corrected chi connectivity index (χ1v) is 9.01. The van der Waals surface area contributed by atoms with Crippen LogP contribution in [-0.2, 0) is 6.42 Å². The summed E-state index contributed by atoms with van der Waals surface area (Å²) in [7, 11) is 0. The molecule has 0 unspecified atom stereocenters. The number of fused-ring (bicyclic) bond motifs is 1. The topological polar surface area (TPSA) is 12.9 Å². The van der Waals surface area contributed by atoms with E-state index in [2.05, 4.69) is 0 Å². The minimum atomic E-state index is 0.221. The normalized spacial score (nSPS) is 11.2. The number of nitrogens with zero attached hydrogens (tertiary/aromatic N) is 1. The molecular formula is C21H16Cl3N. The van der Waals surface area contributed by atoms with Crippen LogP contribution >= 0.6 is 34.8 Å². The van der Waals surface area contributed by atoms with E-state index in [1.165, 1.54) is 0 Å². The van der Waals surface area contributed by atoms with E-state index in [9.17, 15) is 0 Å². The molecule has 1 heterocycles. The lowest BCUT2D eigenvalue weighted by Gasteiger charge is -2.11. The van der Waals surface area contributed by atoms with E-state index in [-0.39, 0.29) is 4.49 Å². The summed E-state index contributed by atoms with van der Waals surface area (Å²) in [5.41, 5.74) is 4.83. The second kappa shape index (κ2) is 8.05. The summed E-state index contributed by atoms with van der Waals surface area (Å²) in [6.07, 6.45) is 6.25. The zero-order valence-electron chi connectivity index (χ0n) is 13.6. The Balaban J connectivity index is 2.14. The summed E-state index contributed by atoms with van der Waals surface area (Å²) < 4.78 is 0.221. The van der Waals surface area contributed by atoms with Crippen molar-refractivity contribution in [3.8, 4) is 0 Å². The molecule has 0 aliphatic rings. The van der Waals surface area contributed by atoms with Crippen LogP contribution in [0.4, 0.5) is 0 Å². The number of aromatic nitrogens is 1. The summed E-state index contributed by atoms with van der Waals surface area (Å²) >= 11 is 18.3. The zero-order chi connectivity index (χ0) is 17.8. The molecule has 1 nitrogen and oxygen atoms in total. The lowest BCUT2D eigenvalue weighted by Crippen LogP contribution is -1.96. The molecule has 3 aromatic rings. The Labute approximate surface area is 162 Å². The van der Waals surface area contributed by atoms with Crippen molar-refractivity contribution in [2.45, 2.75) is 13.3 Å². The van der Waals surface area contributed by atoms with Crippen LogP contribution in [0.5, 0.6) is 0 Å². The highest BCUT2D eigenvalue weighted by molar-refractivity contribution is 6.55. The maximum atomic E-state index is 6.69. The van der Waals surface area contributed by atoms with Crippen molar-refractivity contribution in [3.63, 3.8) is 0 Å². The largest absolute Gasteiger partial charge is 0.248 e. The number of hydrogen-bond acceptors (Lipinski definition) is 1. The van der Waals surface area contributed by atoms with Gasteiger partial charge in [-0.1, -0.05) is 82.8 Å². The number of rotatable bonds is 4. The van der Waals surface area contributed by atoms with Gasteiger partial charge in [0, 0.05) is 10.9 Å². The van der Waals surface area contributed by atoms with E-state index < -0.39 is 0 Å². The quantitative estimate of drug-likeness (QED) is 0.459. The fourth-order valence-corrected chi connectivity index (χ4v) is 3.13. The summed E-state index contributed by atoms with van der Waals surface area (Å²) in [6, 6.07) is 16.1. The Hall–Kier alpha value is -1.80. The monoisotopic (exact) mass is 387 g/mol. The molecule has 0 saturated heterocycles. The maximum absolute atomic E-state index is 6.69. The highest BCUT2D eigenvalue weighted by Crippen LogP contribution is 2.31. The first-order valence-electron chi connectivity index (χ1n) is 7.87. The first kappa shape index (κ1) is 18.0. The van der Waals surface area contributed by atoms with Crippen LogP contribution in [-0.4, -0.2) is 4.98 Å². The van der Waals surface area contributed by atoms with Gasteiger partial charge in [0.25, 0.3) is 0 Å². The fourth-order valence-electron chi connectivity index (χ4n) is 2.65. The number of hydrogen-bond donors (Lipinski definition) is 0. The van der Waals surface area contributed by atoms with Crippen molar-refractivity contribution < 1.29 is 0 Å². The molecule has 0 N–H and O–H groups in total. The predicted octanol–water partition coefficient (Wildman–Crippen LogP) is 7.23. The van der Waals surface area contributed by atoms with Gasteiger partial charge in [-0.3, -0.25) is 0 Å². The van der Waals surface area contributed by atoms with Gasteiger partial charge in [-0.2, -0.15) is 0 Å². The standard InChI is InChI=1S/C21H16Cl3N/c1-14-7-10-19-17(13-14)21(24)16(9-12-20(22)23)18(25-19)11-8-15-5-3-2-4-6-15/h2-8,10-13H,9H2,1H3/b11-8+. The van der Waals surface area contributed by atoms with Crippen LogP contribution in [0.15, 0.2) is 59.1 Å². The molecule has 0 bridgehead atoms. The molecule has 126 valence electrons. The van der Waals surface area contributed by atoms with Gasteiger partial charge >= 0.3 is 0 Å². The van der Waals surface area contributed by atoms with Crippen molar-refractivity contribution in [2.75, 3.05) is 0 Å². The van der Waals surface area contributed by atoms with Gasteiger partial charge in [0.2, 0.25) is 0 Å². The molecule has 0 fully saturated rings. The van der Waals surface area contributed by atoms with Gasteiger partial charge in [0.1, 0.15) is 4.49 Å². The van der Waals surface area contributed by atoms with E-state index in [1.54, 1.807) is 6.08 Å². The van der Waals surface area contributed by atoms with Gasteiger partial charge < -0.3 is 0 Å². The lowest BCUT2D eigenvalue weighted by atomic mass is 10.0. The summed E-state index contributed by atoms with van der Waals surface area (Å²) in [6.45, 7) is 2.04. The molecule has 2 aromatic carbocycles. The molecule has 0 saturated carbocycles. The number of halogens is 3. The summed E-state index contributed by atoms with van der Waals surface area (Å²) in [4.78, 5) is 4.78. The molecule has 0 amide bonds. The van der Waals surface area contributed by atoms with Gasteiger partial charge in [-0.05, 0) is 43.2 Å². The van der Waals surface area contributed by atoms with Crippen LogP contribution in [0.1, 0.15) is 22.4 Å². The smallest absolute Gasteiger partial charge is 0.103 e. The van der Waals surface area contributed by atoms with Crippen LogP contribution in [0.25, 0.3) is 23.1 Å². The van der Waals surface area contributed by atoms with Crippen molar-refractivity contribution in [1.82, 2.24) is 4.98 Å². The van der Waals surface area contributed by atoms with E-state index in [4.69, 9.17) is 39.8 Å². The van der Waals surface area contributed by atoms with E-state index in [0.717, 1.165) is 33.3 Å². The average molecular weight is 389 g/mol. The molecule has 25 heavy (non-hydrogen) atoms. The van der Waals surface area contributed by atoms with E-state index in [0.29, 0.717) is 11.4 Å². The number of allylic oxidation sites excluding steroid dienone is 1. The lowest BCUT2D eigenvalue weighted by molar-refractivity contribution is 1.20. The third-order valence-electron chi connectivity index (χ3n) is 3.90. The third-order valence-corrected chi connectivity index (χ3v) is 4.64. The maximum Gasteiger partial charge on any atom is 0.103 e. The Morgan fingerprint density at radius 3 is 2.52 bits per heavy atom. The third kappa shape index (κ3) is 4.43. The molecule has 4 heteroatoms. The molecule has 0 aliphatic carbocycles. The predicted molar refractivity (Wildman–Crippen MR) is 110 cm³/mol. The Kier molecular flexibility index (Phi) is 5.80. The van der Waals surface area contributed by atoms with Gasteiger partial charge in [-0.25, -0.2) is 4.98 Å². The van der Waals surface area contributed by atoms with Gasteiger partial charge in [0.15, 0.2) is 0 Å². The van der Waals surface area contributed by atoms with Crippen LogP contribution in [0.3, 0.4) is 0 Å². The Bertz CT molecular complexity index is 956. The molecule has 1 aromatic heterocycles. The molecule has 0 atom stereocenters. The van der Waals surface area contributed by atoms with Crippen LogP contribution in [0.2, 0.25) is 5.02 Å². The molecule has 3 rings (SSSR count). The zero-order valence-corrected chi connectivity index (χ0v) is 15.9. The van der Waals surface area contributed by atoms with Crippen molar-refractivity contribution >= 4 is 57.9 Å². The first-order chi connectivity index (χ1) is 12.0. The molecular weight excluding hydrogens is 373 g/mol. The summed E-state index contributed by atoms with van der Waals surface area (Å²) in [5, 5.41) is 1.62. The number of pyridine rings is 1. The minimum absolute atomic E-state index is 0.221. The second-order valence-electron chi connectivity index (χ2n) is 5.75. The van der Waals surface area contributed by atoms with Gasteiger partial charge in [0.05, 0.1) is 16.2 Å².